The van der Waals surface area contributed by atoms with Gasteiger partial charge in [0.2, 0.25) is 0 Å². The Bertz CT molecular complexity index is 481. The van der Waals surface area contributed by atoms with Crippen LogP contribution < -0.4 is 0 Å². The smallest absolute Gasteiger partial charge is 0.303 e. The fraction of sp³-hybridized carbons (Fsp3) is 0.727. The molecule has 4 unspecified atom stereocenters. The van der Waals surface area contributed by atoms with E-state index >= 15 is 0 Å². The number of rotatable bonds is 13. The molecule has 0 aromatic carbocycles. The number of carboxylic acid groups (broad SMARTS) is 1. The van der Waals surface area contributed by atoms with E-state index in [2.05, 4.69) is 19.9 Å². The van der Waals surface area contributed by atoms with Gasteiger partial charge in [0.25, 0.3) is 0 Å². The van der Waals surface area contributed by atoms with Crippen LogP contribution in [-0.4, -0.2) is 28.1 Å². The van der Waals surface area contributed by atoms with Crippen LogP contribution in [0.5, 0.6) is 0 Å². The largest absolute Gasteiger partial charge is 0.481 e. The van der Waals surface area contributed by atoms with Gasteiger partial charge < -0.3 is 10.2 Å². The van der Waals surface area contributed by atoms with Gasteiger partial charge in [-0.05, 0) is 37.5 Å². The summed E-state index contributed by atoms with van der Waals surface area (Å²) in [5.41, 5.74) is 0. The number of allylic oxidation sites excluding steroid dienone is 3. The number of aliphatic carboxylic acids is 1. The number of carbonyl (C=O) groups excluding carboxylic acids is 1. The molecule has 1 rings (SSSR count). The summed E-state index contributed by atoms with van der Waals surface area (Å²) in [5.74, 6) is 0.0357. The minimum Gasteiger partial charge on any atom is -0.481 e. The minimum atomic E-state index is -0.767. The maximum atomic E-state index is 12.3. The quantitative estimate of drug-likeness (QED) is 0.359. The van der Waals surface area contributed by atoms with Crippen molar-refractivity contribution in [1.29, 1.82) is 0 Å². The van der Waals surface area contributed by atoms with E-state index in [4.69, 9.17) is 5.11 Å². The molecule has 2 N–H and O–H groups in total. The van der Waals surface area contributed by atoms with E-state index in [1.807, 2.05) is 18.2 Å². The molecule has 1 aliphatic rings. The number of hydrogen-bond acceptors (Lipinski definition) is 3. The fourth-order valence-corrected chi connectivity index (χ4v) is 3.69. The normalized spacial score (nSPS) is 24.7. The van der Waals surface area contributed by atoms with E-state index in [0.29, 0.717) is 31.0 Å². The zero-order valence-corrected chi connectivity index (χ0v) is 16.4. The van der Waals surface area contributed by atoms with E-state index in [1.54, 1.807) is 0 Å². The highest BCUT2D eigenvalue weighted by Gasteiger charge is 2.37. The summed E-state index contributed by atoms with van der Waals surface area (Å²) >= 11 is 0. The first-order valence-electron chi connectivity index (χ1n) is 10.2. The number of carbonyl (C=O) groups is 2. The Morgan fingerprint density at radius 2 is 2.00 bits per heavy atom. The lowest BCUT2D eigenvalue weighted by Crippen LogP contribution is -2.15. The summed E-state index contributed by atoms with van der Waals surface area (Å²) in [4.78, 5) is 22.8. The van der Waals surface area contributed by atoms with Gasteiger partial charge in [0, 0.05) is 18.8 Å². The third-order valence-electron chi connectivity index (χ3n) is 5.29. The van der Waals surface area contributed by atoms with Crippen molar-refractivity contribution in [2.24, 2.45) is 17.8 Å². The first kappa shape index (κ1) is 22.6. The van der Waals surface area contributed by atoms with Gasteiger partial charge in [0.1, 0.15) is 5.78 Å². The van der Waals surface area contributed by atoms with Crippen molar-refractivity contribution < 1.29 is 19.8 Å². The SMILES string of the molecule is CCCCCCC(O)/C=C\C1C(C)CC(=O)C1C/C=C/CCCC(=O)O. The first-order chi connectivity index (χ1) is 12.5. The van der Waals surface area contributed by atoms with Crippen LogP contribution in [0.3, 0.4) is 0 Å². The maximum Gasteiger partial charge on any atom is 0.303 e. The lowest BCUT2D eigenvalue weighted by molar-refractivity contribution is -0.137. The topological polar surface area (TPSA) is 74.6 Å². The number of carboxylic acids is 1. The van der Waals surface area contributed by atoms with E-state index in [0.717, 1.165) is 25.7 Å². The molecule has 0 spiro atoms. The lowest BCUT2D eigenvalue weighted by Gasteiger charge is -2.17. The molecule has 0 aliphatic heterocycles. The minimum absolute atomic E-state index is 0.00994. The Balaban J connectivity index is 2.45. The Morgan fingerprint density at radius 1 is 1.23 bits per heavy atom. The predicted octanol–water partition coefficient (Wildman–Crippen LogP) is 4.92. The molecule has 4 atom stereocenters. The van der Waals surface area contributed by atoms with E-state index in [1.165, 1.54) is 12.8 Å². The summed E-state index contributed by atoms with van der Waals surface area (Å²) in [7, 11) is 0. The van der Waals surface area contributed by atoms with Gasteiger partial charge in [-0.3, -0.25) is 9.59 Å². The summed E-state index contributed by atoms with van der Waals surface area (Å²) in [5, 5.41) is 18.8. The molecule has 0 aromatic rings. The van der Waals surface area contributed by atoms with Crippen LogP contribution in [-0.2, 0) is 9.59 Å². The first-order valence-corrected chi connectivity index (χ1v) is 10.2. The average Bonchev–Trinajstić information content (AvgIpc) is 2.85. The van der Waals surface area contributed by atoms with Crippen molar-refractivity contribution in [3.8, 4) is 0 Å². The molecule has 1 saturated carbocycles. The summed E-state index contributed by atoms with van der Waals surface area (Å²) in [6, 6.07) is 0. The van der Waals surface area contributed by atoms with Crippen molar-refractivity contribution in [3.05, 3.63) is 24.3 Å². The summed E-state index contributed by atoms with van der Waals surface area (Å²) < 4.78 is 0. The molecule has 4 nitrogen and oxygen atoms in total. The molecule has 26 heavy (non-hydrogen) atoms. The average molecular weight is 365 g/mol. The molecule has 1 aliphatic carbocycles. The number of aliphatic hydroxyl groups excluding tert-OH is 1. The van der Waals surface area contributed by atoms with Crippen molar-refractivity contribution in [2.45, 2.75) is 84.2 Å². The highest BCUT2D eigenvalue weighted by Crippen LogP contribution is 2.37. The van der Waals surface area contributed by atoms with Gasteiger partial charge in [-0.1, -0.05) is 63.8 Å². The standard InChI is InChI=1S/C22H36O4/c1-3-4-5-8-11-18(23)14-15-19-17(2)16-21(24)20(19)12-9-6-7-10-13-22(25)26/h6,9,14-15,17-20,23H,3-5,7-8,10-13,16H2,1-2H3,(H,25,26)/b9-6+,15-14-. The molecule has 148 valence electrons. The lowest BCUT2D eigenvalue weighted by atomic mass is 9.87. The second kappa shape index (κ2) is 12.9. The van der Waals surface area contributed by atoms with Crippen LogP contribution >= 0.6 is 0 Å². The number of hydrogen-bond donors (Lipinski definition) is 2. The fourth-order valence-electron chi connectivity index (χ4n) is 3.69. The molecule has 0 saturated heterocycles. The molecular formula is C22H36O4. The summed E-state index contributed by atoms with van der Waals surface area (Å²) in [6.45, 7) is 4.28. The molecule has 0 radical (unpaired) electrons. The number of unbranched alkanes of at least 4 members (excludes halogenated alkanes) is 4. The van der Waals surface area contributed by atoms with E-state index < -0.39 is 12.1 Å². The predicted molar refractivity (Wildman–Crippen MR) is 105 cm³/mol. The van der Waals surface area contributed by atoms with Gasteiger partial charge in [-0.25, -0.2) is 0 Å². The molecule has 4 heteroatoms. The van der Waals surface area contributed by atoms with Crippen LogP contribution in [0.4, 0.5) is 0 Å². The monoisotopic (exact) mass is 364 g/mol. The van der Waals surface area contributed by atoms with E-state index in [9.17, 15) is 14.7 Å². The maximum absolute atomic E-state index is 12.3. The molecular weight excluding hydrogens is 328 g/mol. The Kier molecular flexibility index (Phi) is 11.2. The molecule has 0 heterocycles. The van der Waals surface area contributed by atoms with Crippen LogP contribution in [0, 0.1) is 17.8 Å². The number of ketones is 1. The molecule has 1 fully saturated rings. The van der Waals surface area contributed by atoms with Crippen molar-refractivity contribution in [3.63, 3.8) is 0 Å². The second-order valence-electron chi connectivity index (χ2n) is 7.63. The number of Topliss-reactive ketones (excluding diaryl/α,β-unsaturated/α-hetero) is 1. The van der Waals surface area contributed by atoms with Gasteiger partial charge in [-0.2, -0.15) is 0 Å². The van der Waals surface area contributed by atoms with Gasteiger partial charge in [0.05, 0.1) is 6.10 Å². The third kappa shape index (κ3) is 8.79. The van der Waals surface area contributed by atoms with Crippen LogP contribution in [0.1, 0.15) is 78.1 Å². The highest BCUT2D eigenvalue weighted by atomic mass is 16.4. The molecule has 0 amide bonds. The zero-order chi connectivity index (χ0) is 19.4. The van der Waals surface area contributed by atoms with Gasteiger partial charge in [0.15, 0.2) is 0 Å². The second-order valence-corrected chi connectivity index (χ2v) is 7.63. The number of aliphatic hydroxyl groups is 1. The third-order valence-corrected chi connectivity index (χ3v) is 5.29. The van der Waals surface area contributed by atoms with Crippen LogP contribution in [0.2, 0.25) is 0 Å². The van der Waals surface area contributed by atoms with Gasteiger partial charge >= 0.3 is 5.97 Å². The Hall–Kier alpha value is -1.42. The van der Waals surface area contributed by atoms with Gasteiger partial charge in [-0.15, -0.1) is 0 Å². The Morgan fingerprint density at radius 3 is 2.69 bits per heavy atom. The van der Waals surface area contributed by atoms with Crippen molar-refractivity contribution in [1.82, 2.24) is 0 Å². The molecule has 0 aromatic heterocycles. The van der Waals surface area contributed by atoms with Crippen LogP contribution in [0.15, 0.2) is 24.3 Å². The Labute approximate surface area is 158 Å². The van der Waals surface area contributed by atoms with Crippen molar-refractivity contribution in [2.75, 3.05) is 0 Å². The van der Waals surface area contributed by atoms with Crippen LogP contribution in [0.25, 0.3) is 0 Å². The van der Waals surface area contributed by atoms with Crippen molar-refractivity contribution >= 4 is 11.8 Å². The summed E-state index contributed by atoms with van der Waals surface area (Å²) in [6.07, 6.45) is 15.8. The zero-order valence-electron chi connectivity index (χ0n) is 16.4. The molecule has 0 bridgehead atoms. The highest BCUT2D eigenvalue weighted by molar-refractivity contribution is 5.84. The van der Waals surface area contributed by atoms with E-state index in [-0.39, 0.29) is 18.3 Å².